The summed E-state index contributed by atoms with van der Waals surface area (Å²) in [6, 6.07) is 8.38. The van der Waals surface area contributed by atoms with E-state index in [2.05, 4.69) is 34.9 Å². The molecule has 120 valence electrons. The number of nitrogens with one attached hydrogen (secondary N) is 2. The van der Waals surface area contributed by atoms with Gasteiger partial charge in [0, 0.05) is 12.5 Å². The van der Waals surface area contributed by atoms with E-state index in [-0.39, 0.29) is 12.6 Å². The maximum Gasteiger partial charge on any atom is 0.315 e. The lowest BCUT2D eigenvalue weighted by molar-refractivity contribution is 0.155. The first-order valence-electron chi connectivity index (χ1n) is 8.37. The summed E-state index contributed by atoms with van der Waals surface area (Å²) in [6.45, 7) is 2.59. The molecule has 1 saturated carbocycles. The third-order valence-corrected chi connectivity index (χ3v) is 5.21. The number of hydrogen-bond acceptors (Lipinski definition) is 2. The Kier molecular flexibility index (Phi) is 4.39. The number of aliphatic hydroxyl groups is 1. The topological polar surface area (TPSA) is 61.4 Å². The molecule has 0 aromatic heterocycles. The van der Waals surface area contributed by atoms with Gasteiger partial charge >= 0.3 is 6.03 Å². The van der Waals surface area contributed by atoms with E-state index in [1.807, 2.05) is 6.92 Å². The first-order valence-corrected chi connectivity index (χ1v) is 8.37. The molecule has 1 aromatic rings. The molecule has 2 aliphatic rings. The van der Waals surface area contributed by atoms with Gasteiger partial charge in [-0.3, -0.25) is 0 Å². The number of rotatable bonds is 5. The number of hydrogen-bond donors (Lipinski definition) is 3. The maximum absolute atomic E-state index is 12.2. The minimum Gasteiger partial charge on any atom is -0.394 e. The van der Waals surface area contributed by atoms with Crippen LogP contribution < -0.4 is 10.6 Å². The van der Waals surface area contributed by atoms with E-state index in [4.69, 9.17) is 0 Å². The molecule has 0 spiro atoms. The Morgan fingerprint density at radius 2 is 2.09 bits per heavy atom. The molecule has 2 amide bonds. The molecule has 1 fully saturated rings. The molecule has 3 rings (SSSR count). The number of amides is 2. The molecule has 0 saturated heterocycles. The molecule has 2 aliphatic carbocycles. The van der Waals surface area contributed by atoms with E-state index < -0.39 is 5.54 Å². The van der Waals surface area contributed by atoms with Crippen molar-refractivity contribution >= 4 is 6.03 Å². The van der Waals surface area contributed by atoms with Crippen LogP contribution in [0, 0.1) is 5.92 Å². The van der Waals surface area contributed by atoms with E-state index in [1.165, 1.54) is 17.5 Å². The van der Waals surface area contributed by atoms with Crippen molar-refractivity contribution in [3.05, 3.63) is 35.4 Å². The highest BCUT2D eigenvalue weighted by Crippen LogP contribution is 2.39. The fourth-order valence-electron chi connectivity index (χ4n) is 3.58. The molecule has 0 aliphatic heterocycles. The van der Waals surface area contributed by atoms with Crippen LogP contribution in [0.5, 0.6) is 0 Å². The number of fused-ring (bicyclic) bond motifs is 1. The summed E-state index contributed by atoms with van der Waals surface area (Å²) < 4.78 is 0. The zero-order chi connectivity index (χ0) is 15.6. The standard InChI is InChI=1S/C18H26N2O2/c1-18(12-21,15-9-10-15)20-17(22)19-11-14-7-4-6-13-5-2-3-8-16(13)14/h2-3,5,8,14-15,21H,4,6-7,9-12H2,1H3,(H2,19,20,22). The van der Waals surface area contributed by atoms with Crippen molar-refractivity contribution in [2.24, 2.45) is 5.92 Å². The lowest BCUT2D eigenvalue weighted by atomic mass is 9.83. The van der Waals surface area contributed by atoms with Crippen molar-refractivity contribution in [3.8, 4) is 0 Å². The molecule has 3 N–H and O–H groups in total. The monoisotopic (exact) mass is 302 g/mol. The van der Waals surface area contributed by atoms with Crippen LogP contribution in [-0.2, 0) is 6.42 Å². The van der Waals surface area contributed by atoms with Gasteiger partial charge < -0.3 is 15.7 Å². The van der Waals surface area contributed by atoms with Crippen LogP contribution in [0.15, 0.2) is 24.3 Å². The van der Waals surface area contributed by atoms with Crippen molar-refractivity contribution in [3.63, 3.8) is 0 Å². The van der Waals surface area contributed by atoms with Gasteiger partial charge in [0.15, 0.2) is 0 Å². The average Bonchev–Trinajstić information content (AvgIpc) is 3.38. The Hall–Kier alpha value is -1.55. The summed E-state index contributed by atoms with van der Waals surface area (Å²) in [5, 5.41) is 15.5. The number of benzene rings is 1. The van der Waals surface area contributed by atoms with Crippen LogP contribution in [0.4, 0.5) is 4.79 Å². The van der Waals surface area contributed by atoms with E-state index in [9.17, 15) is 9.90 Å². The Morgan fingerprint density at radius 1 is 1.32 bits per heavy atom. The highest BCUT2D eigenvalue weighted by molar-refractivity contribution is 5.75. The summed E-state index contributed by atoms with van der Waals surface area (Å²) in [7, 11) is 0. The van der Waals surface area contributed by atoms with Gasteiger partial charge in [-0.2, -0.15) is 0 Å². The highest BCUT2D eigenvalue weighted by Gasteiger charge is 2.42. The lowest BCUT2D eigenvalue weighted by Crippen LogP contribution is -2.54. The van der Waals surface area contributed by atoms with Crippen LogP contribution in [0.3, 0.4) is 0 Å². The van der Waals surface area contributed by atoms with Crippen molar-refractivity contribution in [2.45, 2.75) is 50.5 Å². The molecule has 0 bridgehead atoms. The molecular formula is C18H26N2O2. The van der Waals surface area contributed by atoms with Crippen LogP contribution in [0.2, 0.25) is 0 Å². The third-order valence-electron chi connectivity index (χ3n) is 5.21. The highest BCUT2D eigenvalue weighted by atomic mass is 16.3. The van der Waals surface area contributed by atoms with Gasteiger partial charge in [0.05, 0.1) is 12.1 Å². The largest absolute Gasteiger partial charge is 0.394 e. The van der Waals surface area contributed by atoms with Gasteiger partial charge in [-0.25, -0.2) is 4.79 Å². The van der Waals surface area contributed by atoms with Crippen LogP contribution >= 0.6 is 0 Å². The Labute approximate surface area is 132 Å². The summed E-state index contributed by atoms with van der Waals surface area (Å²) in [4.78, 5) is 12.2. The van der Waals surface area contributed by atoms with Gasteiger partial charge in [-0.05, 0) is 56.1 Å². The van der Waals surface area contributed by atoms with E-state index in [1.54, 1.807) is 0 Å². The SMILES string of the molecule is CC(CO)(NC(=O)NCC1CCCc2ccccc21)C1CC1. The van der Waals surface area contributed by atoms with Gasteiger partial charge in [-0.15, -0.1) is 0 Å². The molecule has 22 heavy (non-hydrogen) atoms. The maximum atomic E-state index is 12.2. The predicted molar refractivity (Wildman–Crippen MR) is 86.9 cm³/mol. The summed E-state index contributed by atoms with van der Waals surface area (Å²) in [6.07, 6.45) is 5.63. The van der Waals surface area contributed by atoms with Crippen molar-refractivity contribution in [1.82, 2.24) is 10.6 Å². The van der Waals surface area contributed by atoms with Gasteiger partial charge in [0.1, 0.15) is 0 Å². The number of carbonyl (C=O) groups is 1. The number of aryl methyl sites for hydroxylation is 1. The molecular weight excluding hydrogens is 276 g/mol. The van der Waals surface area contributed by atoms with Gasteiger partial charge in [0.25, 0.3) is 0 Å². The van der Waals surface area contributed by atoms with Gasteiger partial charge in [-0.1, -0.05) is 24.3 Å². The van der Waals surface area contributed by atoms with Crippen LogP contribution in [-0.4, -0.2) is 29.8 Å². The van der Waals surface area contributed by atoms with Crippen molar-refractivity contribution in [1.29, 1.82) is 0 Å². The van der Waals surface area contributed by atoms with E-state index >= 15 is 0 Å². The minimum absolute atomic E-state index is 0.00263. The smallest absolute Gasteiger partial charge is 0.315 e. The quantitative estimate of drug-likeness (QED) is 0.783. The van der Waals surface area contributed by atoms with Crippen LogP contribution in [0.25, 0.3) is 0 Å². The van der Waals surface area contributed by atoms with E-state index in [0.29, 0.717) is 18.4 Å². The normalized spacial score (nSPS) is 23.3. The lowest BCUT2D eigenvalue weighted by Gasteiger charge is -2.30. The molecule has 0 heterocycles. The summed E-state index contributed by atoms with van der Waals surface area (Å²) >= 11 is 0. The van der Waals surface area contributed by atoms with Crippen molar-refractivity contribution in [2.75, 3.05) is 13.2 Å². The predicted octanol–water partition coefficient (Wildman–Crippen LogP) is 2.57. The van der Waals surface area contributed by atoms with Crippen molar-refractivity contribution < 1.29 is 9.90 Å². The second-order valence-electron chi connectivity index (χ2n) is 6.97. The molecule has 0 radical (unpaired) electrons. The number of urea groups is 1. The zero-order valence-electron chi connectivity index (χ0n) is 13.3. The average molecular weight is 302 g/mol. The Balaban J connectivity index is 1.56. The molecule has 2 atom stereocenters. The van der Waals surface area contributed by atoms with Crippen LogP contribution in [0.1, 0.15) is 49.7 Å². The Bertz CT molecular complexity index is 542. The molecule has 1 aromatic carbocycles. The summed E-state index contributed by atoms with van der Waals surface area (Å²) in [5.74, 6) is 0.815. The molecule has 4 nitrogen and oxygen atoms in total. The molecule has 2 unspecified atom stereocenters. The fraction of sp³-hybridized carbons (Fsp3) is 0.611. The Morgan fingerprint density at radius 3 is 2.82 bits per heavy atom. The third kappa shape index (κ3) is 3.27. The first-order chi connectivity index (χ1) is 10.6. The molecule has 4 heteroatoms. The number of aliphatic hydroxyl groups excluding tert-OH is 1. The first kappa shape index (κ1) is 15.3. The van der Waals surface area contributed by atoms with Gasteiger partial charge in [0.2, 0.25) is 0 Å². The second-order valence-corrected chi connectivity index (χ2v) is 6.97. The van der Waals surface area contributed by atoms with E-state index in [0.717, 1.165) is 25.7 Å². The number of carbonyl (C=O) groups excluding carboxylic acids is 1. The minimum atomic E-state index is -0.478. The fourth-order valence-corrected chi connectivity index (χ4v) is 3.58. The zero-order valence-corrected chi connectivity index (χ0v) is 13.3. The second kappa shape index (κ2) is 6.29. The summed E-state index contributed by atoms with van der Waals surface area (Å²) in [5.41, 5.74) is 2.31.